The topological polar surface area (TPSA) is 46.6 Å². The molecule has 0 saturated carbocycles. The summed E-state index contributed by atoms with van der Waals surface area (Å²) < 4.78 is 5.49. The van der Waals surface area contributed by atoms with Crippen LogP contribution in [0.15, 0.2) is 30.3 Å². The lowest BCUT2D eigenvalue weighted by atomic mass is 10.3. The van der Waals surface area contributed by atoms with Gasteiger partial charge in [0.1, 0.15) is 5.75 Å². The number of carbonyl (C=O) groups is 2. The van der Waals surface area contributed by atoms with Crippen molar-refractivity contribution in [1.82, 2.24) is 4.90 Å². The molecular formula is C13H15NO3. The predicted molar refractivity (Wildman–Crippen MR) is 62.5 cm³/mol. The third-order valence-corrected chi connectivity index (χ3v) is 2.69. The molecule has 0 unspecified atom stereocenters. The summed E-state index contributed by atoms with van der Waals surface area (Å²) in [6.07, 6.45) is 1.39. The van der Waals surface area contributed by atoms with Gasteiger partial charge in [-0.05, 0) is 18.6 Å². The zero-order chi connectivity index (χ0) is 12.1. The molecule has 0 radical (unpaired) electrons. The maximum Gasteiger partial charge on any atom is 0.229 e. The summed E-state index contributed by atoms with van der Waals surface area (Å²) in [6, 6.07) is 9.50. The molecule has 1 aliphatic rings. The molecule has 1 saturated heterocycles. The second kappa shape index (κ2) is 5.48. The van der Waals surface area contributed by atoms with E-state index in [2.05, 4.69) is 0 Å². The lowest BCUT2D eigenvalue weighted by Crippen LogP contribution is -2.30. The van der Waals surface area contributed by atoms with Crippen LogP contribution < -0.4 is 4.74 Å². The van der Waals surface area contributed by atoms with Crippen LogP contribution in [-0.2, 0) is 9.59 Å². The smallest absolute Gasteiger partial charge is 0.229 e. The number of hydrogen-bond acceptors (Lipinski definition) is 3. The van der Waals surface area contributed by atoms with Gasteiger partial charge >= 0.3 is 0 Å². The van der Waals surface area contributed by atoms with E-state index in [1.807, 2.05) is 30.3 Å². The van der Waals surface area contributed by atoms with Gasteiger partial charge in [0.05, 0.1) is 6.61 Å². The molecule has 1 aliphatic heterocycles. The van der Waals surface area contributed by atoms with Crippen LogP contribution in [0.3, 0.4) is 0 Å². The Morgan fingerprint density at radius 3 is 2.35 bits per heavy atom. The van der Waals surface area contributed by atoms with Gasteiger partial charge in [-0.3, -0.25) is 14.5 Å². The molecule has 0 aliphatic carbocycles. The van der Waals surface area contributed by atoms with Gasteiger partial charge in [0.15, 0.2) is 0 Å². The van der Waals surface area contributed by atoms with E-state index in [1.165, 1.54) is 4.90 Å². The number of likely N-dealkylation sites (tertiary alicyclic amines) is 1. The van der Waals surface area contributed by atoms with Gasteiger partial charge < -0.3 is 4.74 Å². The van der Waals surface area contributed by atoms with Gasteiger partial charge in [0.2, 0.25) is 11.8 Å². The maximum atomic E-state index is 11.3. The zero-order valence-electron chi connectivity index (χ0n) is 9.59. The molecule has 0 aromatic heterocycles. The molecule has 17 heavy (non-hydrogen) atoms. The molecule has 0 bridgehead atoms. The number of ether oxygens (including phenoxy) is 1. The second-order valence-corrected chi connectivity index (χ2v) is 3.95. The Labute approximate surface area is 100 Å². The molecule has 4 heteroatoms. The van der Waals surface area contributed by atoms with Crippen LogP contribution in [0.1, 0.15) is 19.3 Å². The number of nitrogens with zero attached hydrogens (tertiary/aromatic N) is 1. The number of rotatable bonds is 5. The molecule has 0 atom stereocenters. The number of para-hydroxylation sites is 1. The summed E-state index contributed by atoms with van der Waals surface area (Å²) in [6.45, 7) is 0.978. The predicted octanol–water partition coefficient (Wildman–Crippen LogP) is 1.60. The normalized spacial score (nSPS) is 15.4. The molecule has 1 aromatic carbocycles. The van der Waals surface area contributed by atoms with E-state index in [0.717, 1.165) is 5.75 Å². The fourth-order valence-corrected chi connectivity index (χ4v) is 1.80. The van der Waals surface area contributed by atoms with Crippen molar-refractivity contribution in [2.75, 3.05) is 13.2 Å². The molecule has 1 fully saturated rings. The fraction of sp³-hybridized carbons (Fsp3) is 0.385. The van der Waals surface area contributed by atoms with Crippen molar-refractivity contribution in [2.45, 2.75) is 19.3 Å². The minimum Gasteiger partial charge on any atom is -0.494 e. The fourth-order valence-electron chi connectivity index (χ4n) is 1.80. The minimum absolute atomic E-state index is 0.0605. The lowest BCUT2D eigenvalue weighted by molar-refractivity contribution is -0.138. The molecule has 1 aromatic rings. The van der Waals surface area contributed by atoms with Gasteiger partial charge in [0, 0.05) is 19.4 Å². The first-order valence-corrected chi connectivity index (χ1v) is 5.78. The minimum atomic E-state index is -0.0605. The Hall–Kier alpha value is -1.84. The van der Waals surface area contributed by atoms with E-state index in [0.29, 0.717) is 32.4 Å². The van der Waals surface area contributed by atoms with Crippen molar-refractivity contribution >= 4 is 11.8 Å². The third kappa shape index (κ3) is 3.06. The van der Waals surface area contributed by atoms with Crippen molar-refractivity contribution in [3.05, 3.63) is 30.3 Å². The van der Waals surface area contributed by atoms with Crippen molar-refractivity contribution in [3.63, 3.8) is 0 Å². The second-order valence-electron chi connectivity index (χ2n) is 3.95. The van der Waals surface area contributed by atoms with Crippen molar-refractivity contribution in [3.8, 4) is 5.75 Å². The maximum absolute atomic E-state index is 11.3. The van der Waals surface area contributed by atoms with E-state index in [9.17, 15) is 9.59 Å². The van der Waals surface area contributed by atoms with E-state index in [1.54, 1.807) is 0 Å². The first kappa shape index (κ1) is 11.6. The van der Waals surface area contributed by atoms with Crippen LogP contribution in [0.2, 0.25) is 0 Å². The molecule has 4 nitrogen and oxygen atoms in total. The van der Waals surface area contributed by atoms with Gasteiger partial charge in [-0.25, -0.2) is 0 Å². The molecule has 2 rings (SSSR count). The average Bonchev–Trinajstić information content (AvgIpc) is 2.67. The Kier molecular flexibility index (Phi) is 3.75. The summed E-state index contributed by atoms with van der Waals surface area (Å²) in [5, 5.41) is 0. The molecule has 1 heterocycles. The average molecular weight is 233 g/mol. The number of benzene rings is 1. The quantitative estimate of drug-likeness (QED) is 0.573. The Morgan fingerprint density at radius 2 is 1.71 bits per heavy atom. The van der Waals surface area contributed by atoms with Crippen LogP contribution in [0.4, 0.5) is 0 Å². The van der Waals surface area contributed by atoms with Gasteiger partial charge in [-0.2, -0.15) is 0 Å². The number of hydrogen-bond donors (Lipinski definition) is 0. The van der Waals surface area contributed by atoms with Crippen molar-refractivity contribution in [1.29, 1.82) is 0 Å². The molecule has 0 N–H and O–H groups in total. The van der Waals surface area contributed by atoms with Crippen molar-refractivity contribution in [2.24, 2.45) is 0 Å². The van der Waals surface area contributed by atoms with Gasteiger partial charge in [0.25, 0.3) is 0 Å². The summed E-state index contributed by atoms with van der Waals surface area (Å²) >= 11 is 0. The first-order valence-electron chi connectivity index (χ1n) is 5.78. The number of amides is 2. The zero-order valence-corrected chi connectivity index (χ0v) is 9.59. The van der Waals surface area contributed by atoms with E-state index < -0.39 is 0 Å². The van der Waals surface area contributed by atoms with Gasteiger partial charge in [-0.1, -0.05) is 18.2 Å². The number of carbonyl (C=O) groups excluding carboxylic acids is 2. The Morgan fingerprint density at radius 1 is 1.06 bits per heavy atom. The highest BCUT2D eigenvalue weighted by atomic mass is 16.5. The molecule has 0 spiro atoms. The number of imide groups is 1. The van der Waals surface area contributed by atoms with E-state index in [4.69, 9.17) is 4.74 Å². The Bertz CT molecular complexity index is 386. The lowest BCUT2D eigenvalue weighted by Gasteiger charge is -2.13. The highest BCUT2D eigenvalue weighted by Crippen LogP contribution is 2.12. The summed E-state index contributed by atoms with van der Waals surface area (Å²) in [5.74, 6) is 0.691. The SMILES string of the molecule is O=C1CCC(=O)N1CCCOc1ccccc1. The monoisotopic (exact) mass is 233 g/mol. The Balaban J connectivity index is 1.70. The van der Waals surface area contributed by atoms with E-state index >= 15 is 0 Å². The summed E-state index contributed by atoms with van der Waals surface area (Å²) in [7, 11) is 0. The van der Waals surface area contributed by atoms with Crippen LogP contribution in [-0.4, -0.2) is 29.9 Å². The van der Waals surface area contributed by atoms with Crippen LogP contribution in [0.5, 0.6) is 5.75 Å². The standard InChI is InChI=1S/C13H15NO3/c15-12-7-8-13(16)14(12)9-4-10-17-11-5-2-1-3-6-11/h1-3,5-6H,4,7-10H2. The summed E-state index contributed by atoms with van der Waals surface area (Å²) in [4.78, 5) is 24.0. The highest BCUT2D eigenvalue weighted by molar-refractivity contribution is 6.01. The van der Waals surface area contributed by atoms with Crippen LogP contribution in [0.25, 0.3) is 0 Å². The molecule has 2 amide bonds. The van der Waals surface area contributed by atoms with Crippen LogP contribution in [0, 0.1) is 0 Å². The highest BCUT2D eigenvalue weighted by Gasteiger charge is 2.27. The molecular weight excluding hydrogens is 218 g/mol. The van der Waals surface area contributed by atoms with Crippen molar-refractivity contribution < 1.29 is 14.3 Å². The van der Waals surface area contributed by atoms with Crippen LogP contribution >= 0.6 is 0 Å². The first-order chi connectivity index (χ1) is 8.27. The summed E-state index contributed by atoms with van der Waals surface area (Å²) in [5.41, 5.74) is 0. The van der Waals surface area contributed by atoms with Gasteiger partial charge in [-0.15, -0.1) is 0 Å². The third-order valence-electron chi connectivity index (χ3n) is 2.69. The largest absolute Gasteiger partial charge is 0.494 e. The molecule has 90 valence electrons. The van der Waals surface area contributed by atoms with E-state index in [-0.39, 0.29) is 11.8 Å².